The van der Waals surface area contributed by atoms with E-state index in [1.54, 1.807) is 6.92 Å². The molecule has 0 aliphatic carbocycles. The van der Waals surface area contributed by atoms with E-state index in [1.807, 2.05) is 0 Å². The molecule has 2 rings (SSSR count). The number of nitrogens with zero attached hydrogens (tertiary/aromatic N) is 1. The summed E-state index contributed by atoms with van der Waals surface area (Å²) < 4.78 is 77.1. The predicted molar refractivity (Wildman–Crippen MR) is 103 cm³/mol. The molecule has 0 radical (unpaired) electrons. The number of halogens is 7. The molecule has 32 heavy (non-hydrogen) atoms. The van der Waals surface area contributed by atoms with E-state index in [0.29, 0.717) is 24.7 Å². The van der Waals surface area contributed by atoms with Crippen molar-refractivity contribution in [2.45, 2.75) is 25.3 Å². The van der Waals surface area contributed by atoms with Crippen molar-refractivity contribution in [1.82, 2.24) is 15.5 Å². The van der Waals surface area contributed by atoms with E-state index in [1.165, 1.54) is 23.1 Å². The van der Waals surface area contributed by atoms with E-state index >= 15 is 0 Å². The number of carbonyl (C=O) groups is 2. The highest BCUT2D eigenvalue weighted by Crippen LogP contribution is 2.26. The van der Waals surface area contributed by atoms with Gasteiger partial charge in [0.2, 0.25) is 0 Å². The van der Waals surface area contributed by atoms with Gasteiger partial charge in [0.05, 0.1) is 12.2 Å². The third-order valence-electron chi connectivity index (χ3n) is 4.16. The first-order chi connectivity index (χ1) is 14.8. The third kappa shape index (κ3) is 9.09. The molecule has 1 unspecified atom stereocenters. The molecule has 0 spiro atoms. The maximum absolute atomic E-state index is 13.4. The molecule has 0 bridgehead atoms. The second kappa shape index (κ2) is 12.1. The van der Waals surface area contributed by atoms with Crippen molar-refractivity contribution in [2.75, 3.05) is 39.3 Å². The van der Waals surface area contributed by atoms with Gasteiger partial charge in [0.15, 0.2) is 0 Å². The fourth-order valence-electron chi connectivity index (χ4n) is 2.69. The smallest absolute Gasteiger partial charge is 0.490 e. The minimum absolute atomic E-state index is 0.160. The zero-order valence-corrected chi connectivity index (χ0v) is 17.6. The average molecular weight is 494 g/mol. The summed E-state index contributed by atoms with van der Waals surface area (Å²) in [4.78, 5) is 22.6. The summed E-state index contributed by atoms with van der Waals surface area (Å²) in [6, 6.07) is 2.69. The lowest BCUT2D eigenvalue weighted by Crippen LogP contribution is -2.57. The van der Waals surface area contributed by atoms with Gasteiger partial charge in [-0.3, -0.25) is 9.69 Å². The number of carbonyl (C=O) groups excluding carboxylic acids is 1. The van der Waals surface area contributed by atoms with Gasteiger partial charge in [-0.1, -0.05) is 11.6 Å². The van der Waals surface area contributed by atoms with Gasteiger partial charge in [0, 0.05) is 37.7 Å². The van der Waals surface area contributed by atoms with Gasteiger partial charge in [-0.25, -0.2) is 4.79 Å². The monoisotopic (exact) mass is 493 g/mol. The average Bonchev–Trinajstić information content (AvgIpc) is 2.68. The van der Waals surface area contributed by atoms with Gasteiger partial charge in [-0.2, -0.15) is 26.3 Å². The normalized spacial score (nSPS) is 15.9. The van der Waals surface area contributed by atoms with Crippen molar-refractivity contribution in [3.63, 3.8) is 0 Å². The molecule has 14 heteroatoms. The van der Waals surface area contributed by atoms with Crippen molar-refractivity contribution < 1.29 is 45.8 Å². The summed E-state index contributed by atoms with van der Waals surface area (Å²) in [5, 5.41) is 12.9. The number of benzene rings is 1. The summed E-state index contributed by atoms with van der Waals surface area (Å²) in [6.45, 7) is 3.09. The van der Waals surface area contributed by atoms with Crippen LogP contribution in [0.5, 0.6) is 5.75 Å². The Bertz CT molecular complexity index is 770. The molecular formula is C18H22ClF6N3O4. The van der Waals surface area contributed by atoms with Gasteiger partial charge in [0.1, 0.15) is 11.8 Å². The second-order valence-electron chi connectivity index (χ2n) is 6.43. The summed E-state index contributed by atoms with van der Waals surface area (Å²) in [6.07, 6.45) is -9.51. The number of hydrogen-bond acceptors (Lipinski definition) is 5. The molecule has 182 valence electrons. The van der Waals surface area contributed by atoms with Crippen LogP contribution in [0.15, 0.2) is 18.2 Å². The highest BCUT2D eigenvalue weighted by molar-refractivity contribution is 6.30. The SMILES string of the molecule is CCOc1cc(Cl)ccc1C(=O)NCC(N1CCNCC1)C(F)(F)F.O=C(O)C(F)(F)F. The van der Waals surface area contributed by atoms with Crippen LogP contribution in [0.2, 0.25) is 5.02 Å². The number of alkyl halides is 6. The highest BCUT2D eigenvalue weighted by atomic mass is 35.5. The predicted octanol–water partition coefficient (Wildman–Crippen LogP) is 2.94. The fraction of sp³-hybridized carbons (Fsp3) is 0.556. The van der Waals surface area contributed by atoms with Gasteiger partial charge < -0.3 is 20.5 Å². The van der Waals surface area contributed by atoms with Crippen LogP contribution in [-0.2, 0) is 4.79 Å². The summed E-state index contributed by atoms with van der Waals surface area (Å²) in [7, 11) is 0. The molecule has 1 fully saturated rings. The molecule has 0 saturated carbocycles. The fourth-order valence-corrected chi connectivity index (χ4v) is 2.85. The lowest BCUT2D eigenvalue weighted by molar-refractivity contribution is -0.192. The van der Waals surface area contributed by atoms with Gasteiger partial charge in [-0.05, 0) is 25.1 Å². The Labute approximate surface area is 184 Å². The van der Waals surface area contributed by atoms with E-state index in [9.17, 15) is 31.1 Å². The summed E-state index contributed by atoms with van der Waals surface area (Å²) in [5.41, 5.74) is 0.160. The van der Waals surface area contributed by atoms with Crippen LogP contribution >= 0.6 is 11.6 Å². The second-order valence-corrected chi connectivity index (χ2v) is 6.87. The standard InChI is InChI=1S/C16H21ClF3N3O2.C2HF3O2/c1-2-25-13-9-11(17)3-4-12(13)15(24)22-10-14(16(18,19)20)23-7-5-21-6-8-23;3-2(4,5)1(6)7/h3-4,9,14,21H,2,5-8,10H2,1H3,(H,22,24);(H,6,7). The zero-order valence-electron chi connectivity index (χ0n) is 16.8. The molecule has 1 heterocycles. The topological polar surface area (TPSA) is 90.9 Å². The molecule has 0 aromatic heterocycles. The van der Waals surface area contributed by atoms with Crippen molar-refractivity contribution in [3.05, 3.63) is 28.8 Å². The van der Waals surface area contributed by atoms with Crippen LogP contribution in [-0.4, -0.2) is 79.6 Å². The highest BCUT2D eigenvalue weighted by Gasteiger charge is 2.44. The lowest BCUT2D eigenvalue weighted by Gasteiger charge is -2.35. The lowest BCUT2D eigenvalue weighted by atomic mass is 10.1. The molecule has 1 atom stereocenters. The number of ether oxygens (including phenoxy) is 1. The van der Waals surface area contributed by atoms with Gasteiger partial charge >= 0.3 is 18.3 Å². The van der Waals surface area contributed by atoms with Gasteiger partial charge in [0.25, 0.3) is 5.91 Å². The van der Waals surface area contributed by atoms with Crippen LogP contribution in [0.25, 0.3) is 0 Å². The largest absolute Gasteiger partial charge is 0.493 e. The molecule has 7 nitrogen and oxygen atoms in total. The quantitative estimate of drug-likeness (QED) is 0.528. The summed E-state index contributed by atoms with van der Waals surface area (Å²) in [5.74, 6) is -3.13. The number of carboxylic acid groups (broad SMARTS) is 1. The Kier molecular flexibility index (Phi) is 10.5. The Hall–Kier alpha value is -2.25. The van der Waals surface area contributed by atoms with E-state index in [2.05, 4.69) is 10.6 Å². The number of aliphatic carboxylic acids is 1. The van der Waals surface area contributed by atoms with E-state index in [-0.39, 0.29) is 24.4 Å². The molecule has 3 N–H and O–H groups in total. The molecule has 1 aliphatic rings. The zero-order chi connectivity index (χ0) is 24.5. The molecule has 1 aliphatic heterocycles. The number of rotatable bonds is 6. The van der Waals surface area contributed by atoms with Crippen molar-refractivity contribution in [3.8, 4) is 5.75 Å². The first kappa shape index (κ1) is 27.8. The number of piperazine rings is 1. The molecule has 1 aromatic rings. The Morgan fingerprint density at radius 1 is 1.22 bits per heavy atom. The van der Waals surface area contributed by atoms with E-state index in [0.717, 1.165) is 0 Å². The summed E-state index contributed by atoms with van der Waals surface area (Å²) >= 11 is 5.87. The van der Waals surface area contributed by atoms with Crippen LogP contribution in [0.1, 0.15) is 17.3 Å². The minimum atomic E-state index is -5.08. The maximum atomic E-state index is 13.4. The van der Waals surface area contributed by atoms with Crippen molar-refractivity contribution in [1.29, 1.82) is 0 Å². The van der Waals surface area contributed by atoms with Gasteiger partial charge in [-0.15, -0.1) is 0 Å². The van der Waals surface area contributed by atoms with E-state index < -0.39 is 36.8 Å². The number of amides is 1. The van der Waals surface area contributed by atoms with Crippen molar-refractivity contribution >= 4 is 23.5 Å². The van der Waals surface area contributed by atoms with Crippen LogP contribution in [0, 0.1) is 0 Å². The number of carboxylic acids is 1. The van der Waals surface area contributed by atoms with Crippen LogP contribution < -0.4 is 15.4 Å². The molecule has 1 aromatic carbocycles. The Balaban J connectivity index is 0.000000633. The Morgan fingerprint density at radius 3 is 2.25 bits per heavy atom. The first-order valence-corrected chi connectivity index (χ1v) is 9.67. The van der Waals surface area contributed by atoms with E-state index in [4.69, 9.17) is 26.2 Å². The Morgan fingerprint density at radius 2 is 1.78 bits per heavy atom. The van der Waals surface area contributed by atoms with Crippen molar-refractivity contribution in [2.24, 2.45) is 0 Å². The number of hydrogen-bond donors (Lipinski definition) is 3. The van der Waals surface area contributed by atoms with Crippen LogP contribution in [0.3, 0.4) is 0 Å². The molecular weight excluding hydrogens is 472 g/mol. The molecule has 1 amide bonds. The van der Waals surface area contributed by atoms with Crippen LogP contribution in [0.4, 0.5) is 26.3 Å². The maximum Gasteiger partial charge on any atom is 0.490 e. The minimum Gasteiger partial charge on any atom is -0.493 e. The third-order valence-corrected chi connectivity index (χ3v) is 4.39. The number of nitrogens with one attached hydrogen (secondary N) is 2. The molecule has 1 saturated heterocycles. The first-order valence-electron chi connectivity index (χ1n) is 9.29.